The van der Waals surface area contributed by atoms with Gasteiger partial charge in [0.05, 0.1) is 56.3 Å². The molecule has 0 aromatic carbocycles. The Kier molecular flexibility index (Phi) is 5.45. The number of nitrogens with zero attached hydrogens (tertiary/aromatic N) is 4. The standard InChI is InChI=1S/C23H22N4O6/c1-30-19-9-14(10-24-22(19)31-2)17-5-4-16-18(25-17)12-27(23(16)29)15-3-6-20(28)26(11-15)13-21-32-7-8-33-21/h3-6,9-12,21,29H,7-8,13H2,1-2H3. The minimum atomic E-state index is -0.463. The number of pyridine rings is 3. The quantitative estimate of drug-likeness (QED) is 0.477. The molecular formula is C23H22N4O6. The summed E-state index contributed by atoms with van der Waals surface area (Å²) < 4.78 is 24.5. The highest BCUT2D eigenvalue weighted by Crippen LogP contribution is 2.33. The number of rotatable bonds is 6. The molecule has 0 unspecified atom stereocenters. The Hall–Kier alpha value is -3.89. The molecule has 1 aliphatic rings. The Morgan fingerprint density at radius 3 is 2.70 bits per heavy atom. The minimum absolute atomic E-state index is 0.0213. The molecule has 0 aliphatic carbocycles. The van der Waals surface area contributed by atoms with E-state index in [0.717, 1.165) is 5.56 Å². The molecule has 4 aromatic rings. The zero-order valence-corrected chi connectivity index (χ0v) is 18.1. The van der Waals surface area contributed by atoms with Crippen molar-refractivity contribution in [1.82, 2.24) is 19.1 Å². The Balaban J connectivity index is 1.52. The SMILES string of the molecule is COc1cc(-c2ccc3c(O)n(-c4ccc(=O)n(CC5OCCO5)c4)cc3n2)cnc1OC. The van der Waals surface area contributed by atoms with E-state index in [2.05, 4.69) is 9.97 Å². The maximum absolute atomic E-state index is 12.3. The average molecular weight is 450 g/mol. The van der Waals surface area contributed by atoms with Crippen LogP contribution in [0.4, 0.5) is 0 Å². The molecular weight excluding hydrogens is 428 g/mol. The molecule has 10 heteroatoms. The van der Waals surface area contributed by atoms with Gasteiger partial charge < -0.3 is 28.6 Å². The summed E-state index contributed by atoms with van der Waals surface area (Å²) in [5.41, 5.74) is 2.41. The van der Waals surface area contributed by atoms with Crippen LogP contribution < -0.4 is 15.0 Å². The molecule has 0 spiro atoms. The van der Waals surface area contributed by atoms with Crippen LogP contribution in [-0.4, -0.2) is 57.9 Å². The van der Waals surface area contributed by atoms with Gasteiger partial charge in [-0.3, -0.25) is 9.36 Å². The molecule has 0 bridgehead atoms. The third kappa shape index (κ3) is 3.90. The van der Waals surface area contributed by atoms with E-state index in [0.29, 0.717) is 47.1 Å². The Bertz CT molecular complexity index is 1370. The molecule has 0 saturated carbocycles. The van der Waals surface area contributed by atoms with Crippen molar-refractivity contribution >= 4 is 10.9 Å². The van der Waals surface area contributed by atoms with Crippen LogP contribution in [-0.2, 0) is 16.0 Å². The molecule has 0 radical (unpaired) electrons. The van der Waals surface area contributed by atoms with Gasteiger partial charge in [-0.05, 0) is 24.3 Å². The van der Waals surface area contributed by atoms with Gasteiger partial charge in [0.1, 0.15) is 0 Å². The molecule has 0 atom stereocenters. The molecule has 5 heterocycles. The fraction of sp³-hybridized carbons (Fsp3) is 0.261. The summed E-state index contributed by atoms with van der Waals surface area (Å²) in [6.07, 6.45) is 4.56. The summed E-state index contributed by atoms with van der Waals surface area (Å²) in [4.78, 5) is 21.2. The molecule has 1 N–H and O–H groups in total. The lowest BCUT2D eigenvalue weighted by molar-refractivity contribution is -0.0530. The van der Waals surface area contributed by atoms with Crippen LogP contribution >= 0.6 is 0 Å². The number of fused-ring (bicyclic) bond motifs is 1. The number of ether oxygens (including phenoxy) is 4. The van der Waals surface area contributed by atoms with Crippen LogP contribution in [0.3, 0.4) is 0 Å². The van der Waals surface area contributed by atoms with Crippen LogP contribution in [0.25, 0.3) is 27.8 Å². The molecule has 10 nitrogen and oxygen atoms in total. The van der Waals surface area contributed by atoms with E-state index in [4.69, 9.17) is 18.9 Å². The molecule has 5 rings (SSSR count). The molecule has 1 aliphatic heterocycles. The van der Waals surface area contributed by atoms with Crippen LogP contribution in [0.15, 0.2) is 53.7 Å². The second-order valence-corrected chi connectivity index (χ2v) is 7.44. The lowest BCUT2D eigenvalue weighted by Gasteiger charge is -2.13. The average Bonchev–Trinajstić information content (AvgIpc) is 3.47. The highest BCUT2D eigenvalue weighted by molar-refractivity contribution is 5.87. The van der Waals surface area contributed by atoms with Gasteiger partial charge in [0.15, 0.2) is 12.0 Å². The number of methoxy groups -OCH3 is 2. The third-order valence-electron chi connectivity index (χ3n) is 5.46. The molecule has 4 aromatic heterocycles. The molecule has 170 valence electrons. The number of hydrogen-bond acceptors (Lipinski definition) is 8. The van der Waals surface area contributed by atoms with Crippen molar-refractivity contribution in [3.05, 3.63) is 59.3 Å². The Labute approximate surface area is 188 Å². The zero-order valence-electron chi connectivity index (χ0n) is 18.1. The number of aromatic nitrogens is 4. The van der Waals surface area contributed by atoms with E-state index in [9.17, 15) is 9.90 Å². The second-order valence-electron chi connectivity index (χ2n) is 7.44. The predicted octanol–water partition coefficient (Wildman–Crippen LogP) is 2.34. The predicted molar refractivity (Wildman–Crippen MR) is 119 cm³/mol. The van der Waals surface area contributed by atoms with Gasteiger partial charge in [-0.1, -0.05) is 0 Å². The van der Waals surface area contributed by atoms with Crippen LogP contribution in [0.1, 0.15) is 0 Å². The van der Waals surface area contributed by atoms with Crippen molar-refractivity contribution in [1.29, 1.82) is 0 Å². The van der Waals surface area contributed by atoms with Crippen molar-refractivity contribution in [2.45, 2.75) is 12.8 Å². The Morgan fingerprint density at radius 2 is 1.94 bits per heavy atom. The fourth-order valence-corrected chi connectivity index (χ4v) is 3.78. The highest BCUT2D eigenvalue weighted by Gasteiger charge is 2.18. The number of aromatic hydroxyl groups is 1. The van der Waals surface area contributed by atoms with E-state index in [1.54, 1.807) is 54.5 Å². The minimum Gasteiger partial charge on any atom is -0.494 e. The smallest absolute Gasteiger partial charge is 0.256 e. The second kappa shape index (κ2) is 8.57. The first kappa shape index (κ1) is 21.0. The van der Waals surface area contributed by atoms with E-state index in [-0.39, 0.29) is 18.0 Å². The van der Waals surface area contributed by atoms with E-state index >= 15 is 0 Å². The summed E-state index contributed by atoms with van der Waals surface area (Å²) in [6.45, 7) is 1.28. The van der Waals surface area contributed by atoms with Gasteiger partial charge in [-0.15, -0.1) is 0 Å². The summed E-state index contributed by atoms with van der Waals surface area (Å²) in [7, 11) is 3.07. The van der Waals surface area contributed by atoms with Gasteiger partial charge in [0, 0.05) is 30.2 Å². The third-order valence-corrected chi connectivity index (χ3v) is 5.46. The summed E-state index contributed by atoms with van der Waals surface area (Å²) in [5.74, 6) is 0.900. The lowest BCUT2D eigenvalue weighted by Crippen LogP contribution is -2.26. The number of hydrogen-bond donors (Lipinski definition) is 1. The Morgan fingerprint density at radius 1 is 1.12 bits per heavy atom. The van der Waals surface area contributed by atoms with Crippen molar-refractivity contribution in [3.63, 3.8) is 0 Å². The van der Waals surface area contributed by atoms with Gasteiger partial charge >= 0.3 is 0 Å². The monoisotopic (exact) mass is 450 g/mol. The fourth-order valence-electron chi connectivity index (χ4n) is 3.78. The normalized spacial score (nSPS) is 14.1. The summed E-state index contributed by atoms with van der Waals surface area (Å²) in [6, 6.07) is 8.47. The highest BCUT2D eigenvalue weighted by atomic mass is 16.7. The van der Waals surface area contributed by atoms with Gasteiger partial charge in [-0.25, -0.2) is 9.97 Å². The maximum atomic E-state index is 12.3. The van der Waals surface area contributed by atoms with Gasteiger partial charge in [-0.2, -0.15) is 0 Å². The molecule has 0 amide bonds. The van der Waals surface area contributed by atoms with Crippen molar-refractivity contribution in [2.75, 3.05) is 27.4 Å². The van der Waals surface area contributed by atoms with Crippen molar-refractivity contribution < 1.29 is 24.1 Å². The van der Waals surface area contributed by atoms with E-state index in [1.165, 1.54) is 17.7 Å². The van der Waals surface area contributed by atoms with Crippen molar-refractivity contribution in [3.8, 4) is 34.5 Å². The van der Waals surface area contributed by atoms with Gasteiger partial charge in [0.25, 0.3) is 11.4 Å². The van der Waals surface area contributed by atoms with Crippen LogP contribution in [0.2, 0.25) is 0 Å². The molecule has 33 heavy (non-hydrogen) atoms. The lowest BCUT2D eigenvalue weighted by atomic mass is 10.1. The molecule has 1 saturated heterocycles. The van der Waals surface area contributed by atoms with E-state index < -0.39 is 6.29 Å². The summed E-state index contributed by atoms with van der Waals surface area (Å²) in [5, 5.41) is 11.4. The van der Waals surface area contributed by atoms with Crippen LogP contribution in [0.5, 0.6) is 17.5 Å². The zero-order chi connectivity index (χ0) is 22.9. The van der Waals surface area contributed by atoms with Gasteiger partial charge in [0.2, 0.25) is 5.88 Å². The largest absolute Gasteiger partial charge is 0.494 e. The summed E-state index contributed by atoms with van der Waals surface area (Å²) >= 11 is 0. The first-order chi connectivity index (χ1) is 16.1. The molecule has 1 fully saturated rings. The van der Waals surface area contributed by atoms with Crippen molar-refractivity contribution in [2.24, 2.45) is 0 Å². The topological polar surface area (TPSA) is 110 Å². The van der Waals surface area contributed by atoms with Crippen LogP contribution in [0, 0.1) is 0 Å². The maximum Gasteiger partial charge on any atom is 0.256 e. The first-order valence-corrected chi connectivity index (χ1v) is 10.3. The first-order valence-electron chi connectivity index (χ1n) is 10.3. The van der Waals surface area contributed by atoms with E-state index in [1.807, 2.05) is 0 Å².